The van der Waals surface area contributed by atoms with Gasteiger partial charge in [0.1, 0.15) is 11.5 Å². The average molecular weight is 384 g/mol. The van der Waals surface area contributed by atoms with E-state index in [1.165, 1.54) is 0 Å². The Morgan fingerprint density at radius 1 is 1.00 bits per heavy atom. The number of hydrogen-bond donors (Lipinski definition) is 2. The molecule has 0 unspecified atom stereocenters. The van der Waals surface area contributed by atoms with Crippen molar-refractivity contribution in [1.82, 2.24) is 5.32 Å². The molecular formula is C22H28N2O4. The van der Waals surface area contributed by atoms with E-state index in [0.29, 0.717) is 29.2 Å². The highest BCUT2D eigenvalue weighted by Gasteiger charge is 2.22. The maximum Gasteiger partial charge on any atom is 0.265 e. The number of nitrogens with one attached hydrogen (secondary N) is 2. The summed E-state index contributed by atoms with van der Waals surface area (Å²) in [5, 5.41) is 5.73. The molecule has 0 spiro atoms. The van der Waals surface area contributed by atoms with E-state index < -0.39 is 6.10 Å². The van der Waals surface area contributed by atoms with Crippen molar-refractivity contribution >= 4 is 17.5 Å². The summed E-state index contributed by atoms with van der Waals surface area (Å²) in [6.07, 6.45) is -0.207. The predicted octanol–water partition coefficient (Wildman–Crippen LogP) is 4.02. The van der Waals surface area contributed by atoms with Crippen molar-refractivity contribution in [1.29, 1.82) is 0 Å². The lowest BCUT2D eigenvalue weighted by Gasteiger charge is -2.22. The highest BCUT2D eigenvalue weighted by atomic mass is 16.5. The molecule has 6 heteroatoms. The highest BCUT2D eigenvalue weighted by Crippen LogP contribution is 2.21. The molecule has 2 rings (SSSR count). The SMILES string of the molecule is CC[C@@H](Oc1ccc(OC)cc1)C(=O)Nc1ccccc1C(=O)NC(C)(C)C. The smallest absolute Gasteiger partial charge is 0.265 e. The molecule has 0 aromatic heterocycles. The first-order valence-corrected chi connectivity index (χ1v) is 9.26. The molecule has 2 N–H and O–H groups in total. The van der Waals surface area contributed by atoms with E-state index in [9.17, 15) is 9.59 Å². The van der Waals surface area contributed by atoms with Crippen LogP contribution in [0.4, 0.5) is 5.69 Å². The van der Waals surface area contributed by atoms with Crippen LogP contribution in [0, 0.1) is 0 Å². The zero-order valence-electron chi connectivity index (χ0n) is 17.0. The second-order valence-corrected chi connectivity index (χ2v) is 7.43. The summed E-state index contributed by atoms with van der Waals surface area (Å²) in [6, 6.07) is 14.0. The van der Waals surface area contributed by atoms with Gasteiger partial charge in [-0.25, -0.2) is 0 Å². The molecule has 0 saturated heterocycles. The number of amides is 2. The maximum atomic E-state index is 12.7. The van der Waals surface area contributed by atoms with Crippen molar-refractivity contribution in [3.05, 3.63) is 54.1 Å². The molecule has 0 heterocycles. The number of ether oxygens (including phenoxy) is 2. The van der Waals surface area contributed by atoms with Crippen molar-refractivity contribution in [3.8, 4) is 11.5 Å². The fourth-order valence-corrected chi connectivity index (χ4v) is 2.55. The van der Waals surface area contributed by atoms with Gasteiger partial charge in [0.25, 0.3) is 11.8 Å². The van der Waals surface area contributed by atoms with Crippen LogP contribution in [0.5, 0.6) is 11.5 Å². The third kappa shape index (κ3) is 6.01. The molecule has 2 aromatic carbocycles. The molecule has 0 aliphatic heterocycles. The van der Waals surface area contributed by atoms with Crippen LogP contribution in [-0.4, -0.2) is 30.6 Å². The van der Waals surface area contributed by atoms with Gasteiger partial charge in [0, 0.05) is 5.54 Å². The van der Waals surface area contributed by atoms with Crippen LogP contribution in [0.15, 0.2) is 48.5 Å². The van der Waals surface area contributed by atoms with E-state index in [0.717, 1.165) is 0 Å². The number of hydrogen-bond acceptors (Lipinski definition) is 4. The molecule has 0 aliphatic carbocycles. The molecule has 0 saturated carbocycles. The molecule has 150 valence electrons. The molecular weight excluding hydrogens is 356 g/mol. The average Bonchev–Trinajstić information content (AvgIpc) is 2.65. The van der Waals surface area contributed by atoms with Crippen LogP contribution in [0.25, 0.3) is 0 Å². The third-order valence-electron chi connectivity index (χ3n) is 3.92. The number of rotatable bonds is 7. The van der Waals surface area contributed by atoms with E-state index in [2.05, 4.69) is 10.6 Å². The van der Waals surface area contributed by atoms with E-state index in [1.807, 2.05) is 27.7 Å². The van der Waals surface area contributed by atoms with Crippen LogP contribution in [0.1, 0.15) is 44.5 Å². The molecule has 2 amide bonds. The van der Waals surface area contributed by atoms with Gasteiger partial charge in [-0.05, 0) is 63.6 Å². The first-order valence-electron chi connectivity index (χ1n) is 9.26. The number of anilines is 1. The molecule has 2 aromatic rings. The van der Waals surface area contributed by atoms with Crippen molar-refractivity contribution in [2.45, 2.75) is 45.8 Å². The lowest BCUT2D eigenvalue weighted by atomic mass is 10.1. The van der Waals surface area contributed by atoms with Crippen LogP contribution in [0.2, 0.25) is 0 Å². The maximum absolute atomic E-state index is 12.7. The summed E-state index contributed by atoms with van der Waals surface area (Å²) in [5.41, 5.74) is 0.480. The minimum atomic E-state index is -0.688. The number of methoxy groups -OCH3 is 1. The van der Waals surface area contributed by atoms with Gasteiger partial charge in [-0.1, -0.05) is 19.1 Å². The van der Waals surface area contributed by atoms with Crippen molar-refractivity contribution < 1.29 is 19.1 Å². The largest absolute Gasteiger partial charge is 0.497 e. The van der Waals surface area contributed by atoms with Crippen molar-refractivity contribution in [2.75, 3.05) is 12.4 Å². The second-order valence-electron chi connectivity index (χ2n) is 7.43. The van der Waals surface area contributed by atoms with Gasteiger partial charge in [-0.3, -0.25) is 9.59 Å². The standard InChI is InChI=1S/C22H28N2O4/c1-6-19(28-16-13-11-15(27-5)12-14-16)21(26)23-18-10-8-7-9-17(18)20(25)24-22(2,3)4/h7-14,19H,6H2,1-5H3,(H,23,26)(H,24,25)/t19-/m1/s1. The third-order valence-corrected chi connectivity index (χ3v) is 3.92. The fourth-order valence-electron chi connectivity index (χ4n) is 2.55. The zero-order valence-corrected chi connectivity index (χ0v) is 17.0. The lowest BCUT2D eigenvalue weighted by molar-refractivity contribution is -0.122. The first-order chi connectivity index (χ1) is 13.2. The number of carbonyl (C=O) groups excluding carboxylic acids is 2. The molecule has 0 fully saturated rings. The van der Waals surface area contributed by atoms with E-state index in [4.69, 9.17) is 9.47 Å². The number of para-hydroxylation sites is 1. The summed E-state index contributed by atoms with van der Waals surface area (Å²) in [4.78, 5) is 25.3. The van der Waals surface area contributed by atoms with Crippen molar-refractivity contribution in [2.24, 2.45) is 0 Å². The van der Waals surface area contributed by atoms with Crippen LogP contribution >= 0.6 is 0 Å². The van der Waals surface area contributed by atoms with Crippen LogP contribution < -0.4 is 20.1 Å². The zero-order chi connectivity index (χ0) is 20.7. The Labute approximate surface area is 166 Å². The molecule has 28 heavy (non-hydrogen) atoms. The minimum Gasteiger partial charge on any atom is -0.497 e. The monoisotopic (exact) mass is 384 g/mol. The Morgan fingerprint density at radius 2 is 1.61 bits per heavy atom. The molecule has 6 nitrogen and oxygen atoms in total. The Morgan fingerprint density at radius 3 is 2.18 bits per heavy atom. The van der Waals surface area contributed by atoms with Gasteiger partial charge in [0.15, 0.2) is 6.10 Å². The number of benzene rings is 2. The van der Waals surface area contributed by atoms with Crippen molar-refractivity contribution in [3.63, 3.8) is 0 Å². The van der Waals surface area contributed by atoms with Crippen LogP contribution in [0.3, 0.4) is 0 Å². The topological polar surface area (TPSA) is 76.7 Å². The molecule has 1 atom stereocenters. The predicted molar refractivity (Wildman–Crippen MR) is 110 cm³/mol. The van der Waals surface area contributed by atoms with Gasteiger partial charge >= 0.3 is 0 Å². The summed E-state index contributed by atoms with van der Waals surface area (Å²) < 4.78 is 10.9. The van der Waals surface area contributed by atoms with Gasteiger partial charge in [-0.15, -0.1) is 0 Å². The van der Waals surface area contributed by atoms with E-state index in [-0.39, 0.29) is 17.4 Å². The lowest BCUT2D eigenvalue weighted by Crippen LogP contribution is -2.41. The Hall–Kier alpha value is -3.02. The normalized spacial score (nSPS) is 12.0. The van der Waals surface area contributed by atoms with E-state index >= 15 is 0 Å². The Bertz CT molecular complexity index is 810. The summed E-state index contributed by atoms with van der Waals surface area (Å²) in [6.45, 7) is 7.58. The van der Waals surface area contributed by atoms with E-state index in [1.54, 1.807) is 55.6 Å². The fraction of sp³-hybridized carbons (Fsp3) is 0.364. The summed E-state index contributed by atoms with van der Waals surface area (Å²) in [7, 11) is 1.59. The van der Waals surface area contributed by atoms with Gasteiger partial charge in [0.2, 0.25) is 0 Å². The van der Waals surface area contributed by atoms with Gasteiger partial charge in [-0.2, -0.15) is 0 Å². The second kappa shape index (κ2) is 9.26. The molecule has 0 bridgehead atoms. The number of carbonyl (C=O) groups is 2. The first kappa shape index (κ1) is 21.3. The summed E-state index contributed by atoms with van der Waals surface area (Å²) in [5.74, 6) is 0.729. The minimum absolute atomic E-state index is 0.243. The molecule has 0 aliphatic rings. The Kier molecular flexibility index (Phi) is 7.04. The van der Waals surface area contributed by atoms with Crippen LogP contribution in [-0.2, 0) is 4.79 Å². The quantitative estimate of drug-likeness (QED) is 0.756. The van der Waals surface area contributed by atoms with Gasteiger partial charge < -0.3 is 20.1 Å². The highest BCUT2D eigenvalue weighted by molar-refractivity contribution is 6.04. The summed E-state index contributed by atoms with van der Waals surface area (Å²) >= 11 is 0. The molecule has 0 radical (unpaired) electrons. The Balaban J connectivity index is 2.12. The van der Waals surface area contributed by atoms with Gasteiger partial charge in [0.05, 0.1) is 18.4 Å².